The molecule has 11 aromatic carbocycles. The molecule has 48 heavy (non-hydrogen) atoms. The number of fused-ring (bicyclic) bond motifs is 1. The molecule has 11 aromatic rings. The molecule has 0 radical (unpaired) electrons. The van der Waals surface area contributed by atoms with Crippen LogP contribution in [-0.4, -0.2) is 0 Å². The maximum atomic E-state index is 10.4. The van der Waals surface area contributed by atoms with Crippen LogP contribution in [0.15, 0.2) is 169 Å². The molecule has 0 heterocycles. The monoisotopic (exact) mass is 631 g/mol. The van der Waals surface area contributed by atoms with Crippen molar-refractivity contribution in [2.75, 3.05) is 0 Å². The van der Waals surface area contributed by atoms with Crippen molar-refractivity contribution in [3.63, 3.8) is 0 Å². The first kappa shape index (κ1) is 11.2. The second kappa shape index (κ2) is 9.64. The van der Waals surface area contributed by atoms with Crippen LogP contribution in [0.3, 0.4) is 0 Å². The third-order valence-corrected chi connectivity index (χ3v) is 8.58. The van der Waals surface area contributed by atoms with Crippen LogP contribution in [-0.2, 0) is 0 Å². The first-order valence-electron chi connectivity index (χ1n) is 28.1. The van der Waals surface area contributed by atoms with E-state index < -0.39 is 256 Å². The Labute approximate surface area is 315 Å². The average Bonchev–Trinajstić information content (AvgIpc) is 3.36. The third kappa shape index (κ3) is 3.55. The fourth-order valence-electron chi connectivity index (χ4n) is 6.47. The lowest BCUT2D eigenvalue weighted by molar-refractivity contribution is 1.61. The summed E-state index contributed by atoms with van der Waals surface area (Å²) in [5, 5.41) is -6.26. The predicted molar refractivity (Wildman–Crippen MR) is 208 cm³/mol. The number of rotatable bonds is 3. The van der Waals surface area contributed by atoms with E-state index in [4.69, 9.17) is 20.6 Å². The Morgan fingerprint density at radius 2 is 0.729 bits per heavy atom. The SMILES string of the molecule is [2H]c1cc2c(-c3c([2H])c([2H])c(-c4c([2H])c([2H])c5c([2H])c([2H])c6c([2H])c([2H])c([2H])c7c([2H])c([2H])c4c5c67)c([2H])c3-c3c([2H])c([2H])c4c([2H])c([2H])c5c([2H])c([2H])c([2H])c6c([2H])c([2H])c3c4c56)c([2H])c([2H])c([2H])c2c([2H])c1[2H]. The molecule has 0 aliphatic carbocycles. The fraction of sp³-hybridized carbons (Fsp3) is 0. The molecule has 0 spiro atoms. The third-order valence-electron chi connectivity index (χ3n) is 8.58. The van der Waals surface area contributed by atoms with Gasteiger partial charge in [0.25, 0.3) is 0 Å². The van der Waals surface area contributed by atoms with Gasteiger partial charge in [-0.1, -0.05) is 163 Å². The Hall–Kier alpha value is -6.24. The van der Waals surface area contributed by atoms with Crippen LogP contribution < -0.4 is 0 Å². The highest BCUT2D eigenvalue weighted by Crippen LogP contribution is 2.46. The highest BCUT2D eigenvalue weighted by molar-refractivity contribution is 6.27. The van der Waals surface area contributed by atoms with Gasteiger partial charge in [-0.25, -0.2) is 0 Å². The molecule has 11 rings (SSSR count). The van der Waals surface area contributed by atoms with E-state index in [0.717, 1.165) is 6.07 Å². The van der Waals surface area contributed by atoms with Gasteiger partial charge in [0.1, 0.15) is 0 Å². The van der Waals surface area contributed by atoms with E-state index in [0.29, 0.717) is 0 Å². The van der Waals surface area contributed by atoms with Crippen LogP contribution in [0.25, 0.3) is 109 Å². The minimum Gasteiger partial charge on any atom is -0.0616 e. The minimum atomic E-state index is -1.07. The minimum absolute atomic E-state index is 0.307. The lowest BCUT2D eigenvalue weighted by Crippen LogP contribution is -1.92. The molecule has 0 saturated carbocycles. The van der Waals surface area contributed by atoms with E-state index >= 15 is 0 Å². The summed E-state index contributed by atoms with van der Waals surface area (Å²) in [5.41, 5.74) is -4.59. The van der Waals surface area contributed by atoms with Crippen LogP contribution in [0.4, 0.5) is 0 Å². The molecule has 0 unspecified atom stereocenters. The van der Waals surface area contributed by atoms with E-state index in [2.05, 4.69) is 0 Å². The van der Waals surface area contributed by atoms with Gasteiger partial charge in [-0.15, -0.1) is 0 Å². The van der Waals surface area contributed by atoms with Crippen molar-refractivity contribution in [3.8, 4) is 33.4 Å². The van der Waals surface area contributed by atoms with Crippen LogP contribution in [0.2, 0.25) is 0 Å². The highest BCUT2D eigenvalue weighted by Gasteiger charge is 2.19. The molecule has 0 heteroatoms. The Kier molecular flexibility index (Phi) is 2.25. The van der Waals surface area contributed by atoms with E-state index in [-0.39, 0.29) is 16.2 Å². The molecule has 0 nitrogen and oxygen atoms in total. The summed E-state index contributed by atoms with van der Waals surface area (Å²) >= 11 is 0. The van der Waals surface area contributed by atoms with Crippen molar-refractivity contribution in [1.82, 2.24) is 0 Å². The van der Waals surface area contributed by atoms with Gasteiger partial charge in [-0.05, 0) is 115 Å². The molecule has 0 N–H and O–H groups in total. The maximum Gasteiger partial charge on any atom is 0.0636 e. The predicted octanol–water partition coefficient (Wildman–Crippen LogP) is 13.6. The Balaban J connectivity index is 1.48. The molecular weight excluding hydrogens is 577 g/mol. The van der Waals surface area contributed by atoms with Crippen molar-refractivity contribution >= 4 is 75.4 Å². The van der Waals surface area contributed by atoms with Crippen molar-refractivity contribution in [1.29, 1.82) is 0 Å². The molecule has 0 aliphatic rings. The van der Waals surface area contributed by atoms with Gasteiger partial charge in [0, 0.05) is 0 Å². The number of hydrogen-bond acceptors (Lipinski definition) is 0. The van der Waals surface area contributed by atoms with E-state index in [1.54, 1.807) is 0 Å². The summed E-state index contributed by atoms with van der Waals surface area (Å²) in [4.78, 5) is 0. The van der Waals surface area contributed by atoms with Gasteiger partial charge in [0.05, 0.1) is 37.0 Å². The largest absolute Gasteiger partial charge is 0.0636 e. The van der Waals surface area contributed by atoms with Crippen molar-refractivity contribution in [2.24, 2.45) is 0 Å². The topological polar surface area (TPSA) is 0 Å². The molecule has 220 valence electrons. The molecule has 0 bridgehead atoms. The first-order valence-corrected chi connectivity index (χ1v) is 14.6. The molecule has 0 aromatic heterocycles. The molecule has 0 aliphatic heterocycles. The highest BCUT2D eigenvalue weighted by atomic mass is 14.2. The Morgan fingerprint density at radius 3 is 1.40 bits per heavy atom. The summed E-state index contributed by atoms with van der Waals surface area (Å²) in [6, 6.07) is -21.6. The van der Waals surface area contributed by atoms with Crippen LogP contribution >= 0.6 is 0 Å². The quantitative estimate of drug-likeness (QED) is 0.170. The van der Waals surface area contributed by atoms with Gasteiger partial charge in [0.15, 0.2) is 0 Å². The smallest absolute Gasteiger partial charge is 0.0616 e. The maximum absolute atomic E-state index is 10.4. The van der Waals surface area contributed by atoms with E-state index in [9.17, 15) is 16.4 Å². The lowest BCUT2D eigenvalue weighted by Gasteiger charge is -2.19. The van der Waals surface area contributed by atoms with Gasteiger partial charge in [-0.2, -0.15) is 0 Å². The van der Waals surface area contributed by atoms with Gasteiger partial charge in [-0.3, -0.25) is 0 Å². The van der Waals surface area contributed by atoms with Crippen LogP contribution in [0, 0.1) is 0 Å². The Morgan fingerprint density at radius 1 is 0.271 bits per heavy atom. The van der Waals surface area contributed by atoms with Crippen LogP contribution in [0.5, 0.6) is 0 Å². The summed E-state index contributed by atoms with van der Waals surface area (Å²) in [7, 11) is 0. The van der Waals surface area contributed by atoms with Gasteiger partial charge < -0.3 is 0 Å². The summed E-state index contributed by atoms with van der Waals surface area (Å²) in [5.74, 6) is 0. The van der Waals surface area contributed by atoms with E-state index in [1.165, 1.54) is 0 Å². The van der Waals surface area contributed by atoms with Crippen molar-refractivity contribution in [3.05, 3.63) is 169 Å². The number of benzene rings is 11. The fourth-order valence-corrected chi connectivity index (χ4v) is 6.47. The zero-order valence-electron chi connectivity index (χ0n) is 51.1. The van der Waals surface area contributed by atoms with Gasteiger partial charge in [0.2, 0.25) is 0 Å². The van der Waals surface area contributed by atoms with Crippen molar-refractivity contribution in [2.45, 2.75) is 0 Å². The summed E-state index contributed by atoms with van der Waals surface area (Å²) < 4.78 is 248. The summed E-state index contributed by atoms with van der Waals surface area (Å²) in [6.45, 7) is 0. The van der Waals surface area contributed by atoms with E-state index in [1.807, 2.05) is 0 Å². The average molecular weight is 632 g/mol. The zero-order chi connectivity index (χ0) is 54.8. The molecule has 0 atom stereocenters. The number of hydrogen-bond donors (Lipinski definition) is 0. The normalized spacial score (nSPS) is 20.0. The molecular formula is C48H28. The van der Waals surface area contributed by atoms with Gasteiger partial charge >= 0.3 is 0 Å². The summed E-state index contributed by atoms with van der Waals surface area (Å²) in [6.07, 6.45) is 0. The molecule has 0 saturated heterocycles. The molecule has 0 fully saturated rings. The van der Waals surface area contributed by atoms with Crippen molar-refractivity contribution < 1.29 is 37.0 Å². The standard InChI is InChI=1S/C48H28/c1-2-12-37-29(6-1)7-5-13-39(37)40-25-22-36(38-23-18-34-16-14-30-8-3-10-32-20-26-42(38)47(34)45(30)32)28-44(40)41-24-19-35-17-15-31-9-4-11-33-21-27-43(41)48(35)46(31)33/h1-28H/i1D,2D,3D,4D,5D,6D,7D,8D,9D,10D,11D,13D,14D,15D,16D,17D,18D,19D,20D,21D,22D,23D,24D,25D,26D,27D,28D. The Bertz CT molecular complexity index is 4540. The second-order valence-corrected chi connectivity index (χ2v) is 11.1. The lowest BCUT2D eigenvalue weighted by atomic mass is 9.84. The first-order chi connectivity index (χ1) is 35.1. The zero-order valence-corrected chi connectivity index (χ0v) is 24.1. The second-order valence-electron chi connectivity index (χ2n) is 11.1. The molecule has 0 amide bonds. The van der Waals surface area contributed by atoms with Crippen LogP contribution in [0.1, 0.15) is 37.0 Å².